The van der Waals surface area contributed by atoms with Gasteiger partial charge in [0.1, 0.15) is 5.82 Å². The molecule has 90 valence electrons. The standard InChI is InChI=1S/C11H14N4OS/c1-16-6-4-10-14-11(17-15-10)13-8-9-3-2-5-12-7-9/h2-3,5,7H,4,6,8H2,1H3,(H,13,14,15). The lowest BCUT2D eigenvalue weighted by atomic mass is 10.3. The second kappa shape index (κ2) is 6.27. The van der Waals surface area contributed by atoms with Gasteiger partial charge >= 0.3 is 0 Å². The van der Waals surface area contributed by atoms with Gasteiger partial charge in [-0.05, 0) is 11.6 Å². The van der Waals surface area contributed by atoms with E-state index in [-0.39, 0.29) is 0 Å². The molecule has 0 bridgehead atoms. The van der Waals surface area contributed by atoms with E-state index in [1.807, 2.05) is 18.3 Å². The van der Waals surface area contributed by atoms with Crippen LogP contribution in [0.3, 0.4) is 0 Å². The van der Waals surface area contributed by atoms with E-state index >= 15 is 0 Å². The highest BCUT2D eigenvalue weighted by Crippen LogP contribution is 2.12. The molecular weight excluding hydrogens is 236 g/mol. The quantitative estimate of drug-likeness (QED) is 0.846. The van der Waals surface area contributed by atoms with E-state index in [1.165, 1.54) is 11.5 Å². The molecule has 17 heavy (non-hydrogen) atoms. The van der Waals surface area contributed by atoms with Crippen LogP contribution in [0.25, 0.3) is 0 Å². The van der Waals surface area contributed by atoms with E-state index in [0.29, 0.717) is 13.2 Å². The lowest BCUT2D eigenvalue weighted by molar-refractivity contribution is 0.201. The summed E-state index contributed by atoms with van der Waals surface area (Å²) in [5, 5.41) is 4.06. The highest BCUT2D eigenvalue weighted by atomic mass is 32.1. The van der Waals surface area contributed by atoms with Gasteiger partial charge in [-0.1, -0.05) is 6.07 Å². The SMILES string of the molecule is COCCc1nsc(NCc2cccnc2)n1. The van der Waals surface area contributed by atoms with Crippen LogP contribution in [0.1, 0.15) is 11.4 Å². The maximum Gasteiger partial charge on any atom is 0.202 e. The predicted octanol–water partition coefficient (Wildman–Crippen LogP) is 1.73. The van der Waals surface area contributed by atoms with E-state index in [1.54, 1.807) is 13.3 Å². The Labute approximate surface area is 104 Å². The molecule has 0 radical (unpaired) electrons. The van der Waals surface area contributed by atoms with Gasteiger partial charge in [-0.3, -0.25) is 4.98 Å². The van der Waals surface area contributed by atoms with Crippen LogP contribution < -0.4 is 5.32 Å². The maximum atomic E-state index is 4.98. The third-order valence-electron chi connectivity index (χ3n) is 2.16. The average molecular weight is 250 g/mol. The van der Waals surface area contributed by atoms with Crippen LogP contribution in [-0.2, 0) is 17.7 Å². The smallest absolute Gasteiger partial charge is 0.202 e. The van der Waals surface area contributed by atoms with Crippen LogP contribution in [0.15, 0.2) is 24.5 Å². The first kappa shape index (κ1) is 11.9. The van der Waals surface area contributed by atoms with Gasteiger partial charge in [0.25, 0.3) is 0 Å². The molecule has 2 aromatic rings. The number of aromatic nitrogens is 3. The lowest BCUT2D eigenvalue weighted by Crippen LogP contribution is -2.00. The van der Waals surface area contributed by atoms with E-state index in [4.69, 9.17) is 4.74 Å². The summed E-state index contributed by atoms with van der Waals surface area (Å²) in [6, 6.07) is 3.94. The van der Waals surface area contributed by atoms with Crippen molar-refractivity contribution in [3.63, 3.8) is 0 Å². The third-order valence-corrected chi connectivity index (χ3v) is 2.88. The van der Waals surface area contributed by atoms with Gasteiger partial charge in [0.2, 0.25) is 5.13 Å². The summed E-state index contributed by atoms with van der Waals surface area (Å²) in [5.41, 5.74) is 1.13. The molecule has 2 rings (SSSR count). The Morgan fingerprint density at radius 2 is 2.41 bits per heavy atom. The monoisotopic (exact) mass is 250 g/mol. The molecule has 0 spiro atoms. The Hall–Kier alpha value is -1.53. The summed E-state index contributed by atoms with van der Waals surface area (Å²) in [7, 11) is 1.67. The predicted molar refractivity (Wildman–Crippen MR) is 67.1 cm³/mol. The van der Waals surface area contributed by atoms with Crippen LogP contribution in [0, 0.1) is 0 Å². The zero-order valence-corrected chi connectivity index (χ0v) is 10.4. The van der Waals surface area contributed by atoms with Crippen LogP contribution in [-0.4, -0.2) is 28.1 Å². The summed E-state index contributed by atoms with van der Waals surface area (Å²) in [6.45, 7) is 1.37. The lowest BCUT2D eigenvalue weighted by Gasteiger charge is -2.00. The van der Waals surface area contributed by atoms with Crippen LogP contribution in [0.4, 0.5) is 5.13 Å². The fourth-order valence-corrected chi connectivity index (χ4v) is 1.91. The number of methoxy groups -OCH3 is 1. The molecule has 5 nitrogen and oxygen atoms in total. The molecule has 0 saturated carbocycles. The molecule has 0 aliphatic rings. The molecule has 1 N–H and O–H groups in total. The number of rotatable bonds is 6. The summed E-state index contributed by atoms with van der Waals surface area (Å²) in [4.78, 5) is 8.41. The highest BCUT2D eigenvalue weighted by Gasteiger charge is 2.03. The van der Waals surface area contributed by atoms with E-state index in [2.05, 4.69) is 19.7 Å². The minimum Gasteiger partial charge on any atom is -0.384 e. The molecule has 0 aromatic carbocycles. The highest BCUT2D eigenvalue weighted by molar-refractivity contribution is 7.09. The molecular formula is C11H14N4OS. The van der Waals surface area contributed by atoms with Gasteiger partial charge in [-0.2, -0.15) is 4.37 Å². The van der Waals surface area contributed by atoms with Crippen molar-refractivity contribution in [2.75, 3.05) is 19.0 Å². The maximum absolute atomic E-state index is 4.98. The van der Waals surface area contributed by atoms with Crippen molar-refractivity contribution in [1.29, 1.82) is 0 Å². The summed E-state index contributed by atoms with van der Waals surface area (Å²) in [5.74, 6) is 0.825. The second-order valence-electron chi connectivity index (χ2n) is 3.47. The van der Waals surface area contributed by atoms with Gasteiger partial charge < -0.3 is 10.1 Å². The van der Waals surface area contributed by atoms with Gasteiger partial charge in [-0.25, -0.2) is 4.98 Å². The van der Waals surface area contributed by atoms with E-state index in [9.17, 15) is 0 Å². The van der Waals surface area contributed by atoms with Crippen molar-refractivity contribution < 1.29 is 4.74 Å². The van der Waals surface area contributed by atoms with E-state index < -0.39 is 0 Å². The number of pyridine rings is 1. The molecule has 2 aromatic heterocycles. The topological polar surface area (TPSA) is 59.9 Å². The number of nitrogens with one attached hydrogen (secondary N) is 1. The van der Waals surface area contributed by atoms with Crippen LogP contribution in [0.2, 0.25) is 0 Å². The second-order valence-corrected chi connectivity index (χ2v) is 4.23. The molecule has 0 fully saturated rings. The Balaban J connectivity index is 1.85. The number of anilines is 1. The summed E-state index contributed by atoms with van der Waals surface area (Å²) < 4.78 is 9.22. The van der Waals surface area contributed by atoms with Crippen LogP contribution in [0.5, 0.6) is 0 Å². The fourth-order valence-electron chi connectivity index (χ4n) is 1.30. The molecule has 0 amide bonds. The zero-order valence-electron chi connectivity index (χ0n) is 9.59. The van der Waals surface area contributed by atoms with Crippen molar-refractivity contribution in [1.82, 2.24) is 14.3 Å². The van der Waals surface area contributed by atoms with Crippen molar-refractivity contribution in [2.45, 2.75) is 13.0 Å². The largest absolute Gasteiger partial charge is 0.384 e. The fraction of sp³-hybridized carbons (Fsp3) is 0.364. The first-order valence-electron chi connectivity index (χ1n) is 5.33. The van der Waals surface area contributed by atoms with Gasteiger partial charge in [-0.15, -0.1) is 0 Å². The van der Waals surface area contributed by atoms with Crippen LogP contribution >= 0.6 is 11.5 Å². The van der Waals surface area contributed by atoms with Crippen molar-refractivity contribution in [3.8, 4) is 0 Å². The first-order chi connectivity index (χ1) is 8.38. The Morgan fingerprint density at radius 3 is 3.18 bits per heavy atom. The molecule has 0 aliphatic carbocycles. The molecule has 0 unspecified atom stereocenters. The molecule has 0 atom stereocenters. The normalized spacial score (nSPS) is 10.4. The van der Waals surface area contributed by atoms with E-state index in [0.717, 1.165) is 22.9 Å². The van der Waals surface area contributed by atoms with Gasteiger partial charge in [0, 0.05) is 44.0 Å². The van der Waals surface area contributed by atoms with Crippen molar-refractivity contribution in [3.05, 3.63) is 35.9 Å². The minimum atomic E-state index is 0.652. The number of hydrogen-bond acceptors (Lipinski definition) is 6. The summed E-state index contributed by atoms with van der Waals surface area (Å²) in [6.07, 6.45) is 4.35. The van der Waals surface area contributed by atoms with Gasteiger partial charge in [0.05, 0.1) is 6.61 Å². The average Bonchev–Trinajstić information content (AvgIpc) is 2.83. The first-order valence-corrected chi connectivity index (χ1v) is 6.10. The van der Waals surface area contributed by atoms with Gasteiger partial charge in [0.15, 0.2) is 0 Å². The molecule has 2 heterocycles. The zero-order chi connectivity index (χ0) is 11.9. The number of nitrogens with zero attached hydrogens (tertiary/aromatic N) is 3. The summed E-state index contributed by atoms with van der Waals surface area (Å²) >= 11 is 1.37. The number of hydrogen-bond donors (Lipinski definition) is 1. The third kappa shape index (κ3) is 3.76. The molecule has 0 aliphatic heterocycles. The minimum absolute atomic E-state index is 0.652. The van der Waals surface area contributed by atoms with Crippen molar-refractivity contribution >= 4 is 16.7 Å². The molecule has 6 heteroatoms. The Kier molecular flexibility index (Phi) is 4.40. The Morgan fingerprint density at radius 1 is 1.47 bits per heavy atom. The Bertz CT molecular complexity index is 446. The number of ether oxygens (including phenoxy) is 1. The molecule has 0 saturated heterocycles. The van der Waals surface area contributed by atoms with Crippen molar-refractivity contribution in [2.24, 2.45) is 0 Å².